The Kier molecular flexibility index (Phi) is 8.21. The quantitative estimate of drug-likeness (QED) is 0.239. The van der Waals surface area contributed by atoms with Crippen molar-refractivity contribution in [1.29, 1.82) is 0 Å². The summed E-state index contributed by atoms with van der Waals surface area (Å²) >= 11 is 3.56. The summed E-state index contributed by atoms with van der Waals surface area (Å²) in [6.45, 7) is 0. The fourth-order valence-corrected chi connectivity index (χ4v) is 8.73. The highest BCUT2D eigenvalue weighted by atomic mass is 127. The van der Waals surface area contributed by atoms with Crippen molar-refractivity contribution < 1.29 is 28.4 Å². The predicted octanol–water partition coefficient (Wildman–Crippen LogP) is 3.13. The van der Waals surface area contributed by atoms with Gasteiger partial charge in [0, 0.05) is 10.9 Å². The van der Waals surface area contributed by atoms with Gasteiger partial charge in [-0.15, -0.1) is 0 Å². The van der Waals surface area contributed by atoms with E-state index in [9.17, 15) is 4.39 Å². The summed E-state index contributed by atoms with van der Waals surface area (Å²) in [5, 5.41) is 4.11. The molecule has 30 heavy (non-hydrogen) atoms. The summed E-state index contributed by atoms with van der Waals surface area (Å²) in [6.07, 6.45) is 1.85. The number of hydrogen-bond donors (Lipinski definition) is 0. The minimum atomic E-state index is -1.86. The van der Waals surface area contributed by atoms with Gasteiger partial charge >= 0.3 is 0 Å². The van der Waals surface area contributed by atoms with E-state index in [2.05, 4.69) is 107 Å². The van der Waals surface area contributed by atoms with E-state index in [1.54, 1.807) is 12.1 Å². The van der Waals surface area contributed by atoms with Gasteiger partial charge in [0.2, 0.25) is 0 Å². The molecule has 0 saturated carbocycles. The Morgan fingerprint density at radius 1 is 0.633 bits per heavy atom. The maximum atomic E-state index is 13.6. The average molecular weight is 591 g/mol. The minimum Gasteiger partial charge on any atom is -1.00 e. The Balaban J connectivity index is 0.00000256. The first kappa shape index (κ1) is 23.1. The second kappa shape index (κ2) is 10.7. The summed E-state index contributed by atoms with van der Waals surface area (Å²) < 4.78 is 14.4. The first-order valence-electron chi connectivity index (χ1n) is 9.69. The zero-order valence-corrected chi connectivity index (χ0v) is 21.0. The standard InChI is InChI=1S/C26H22BrFP.HI/c27-26-20-22(28)17-16-21(26)18-19-29(23-10-4-1-5-11-23,24-12-6-2-7-13-24)25-14-8-3-9-15-25;/h1-17,20H,18-19H2;1H/q+1;/p-1. The van der Waals surface area contributed by atoms with Crippen molar-refractivity contribution >= 4 is 39.1 Å². The number of halogens is 3. The summed E-state index contributed by atoms with van der Waals surface area (Å²) in [7, 11) is -1.86. The molecular formula is C26H22BrFIP. The SMILES string of the molecule is Fc1ccc(CC[P+](c2ccccc2)(c2ccccc2)c2ccccc2)c(Br)c1.[I-]. The van der Waals surface area contributed by atoms with E-state index in [0.717, 1.165) is 22.6 Å². The molecule has 4 heteroatoms. The molecular weight excluding hydrogens is 569 g/mol. The zero-order valence-electron chi connectivity index (χ0n) is 16.4. The molecule has 0 aromatic heterocycles. The van der Waals surface area contributed by atoms with Crippen molar-refractivity contribution in [1.82, 2.24) is 0 Å². The minimum absolute atomic E-state index is 0. The number of benzene rings is 4. The largest absolute Gasteiger partial charge is 1.00 e. The third-order valence-corrected chi connectivity index (χ3v) is 10.5. The van der Waals surface area contributed by atoms with Gasteiger partial charge in [0.15, 0.2) is 0 Å². The fourth-order valence-electron chi connectivity index (χ4n) is 3.89. The van der Waals surface area contributed by atoms with Crippen LogP contribution < -0.4 is 39.9 Å². The molecule has 0 aliphatic carbocycles. The van der Waals surface area contributed by atoms with Gasteiger partial charge < -0.3 is 24.0 Å². The van der Waals surface area contributed by atoms with Gasteiger partial charge in [-0.3, -0.25) is 0 Å². The molecule has 0 amide bonds. The average Bonchev–Trinajstić information content (AvgIpc) is 2.78. The molecule has 0 saturated heterocycles. The molecule has 4 aromatic carbocycles. The van der Waals surface area contributed by atoms with Crippen molar-refractivity contribution in [2.45, 2.75) is 6.42 Å². The van der Waals surface area contributed by atoms with Crippen molar-refractivity contribution in [2.24, 2.45) is 0 Å². The van der Waals surface area contributed by atoms with Crippen LogP contribution >= 0.6 is 23.2 Å². The molecule has 0 nitrogen and oxygen atoms in total. The van der Waals surface area contributed by atoms with Gasteiger partial charge in [-0.2, -0.15) is 0 Å². The van der Waals surface area contributed by atoms with Crippen LogP contribution in [0.4, 0.5) is 4.39 Å². The van der Waals surface area contributed by atoms with Crippen molar-refractivity contribution in [3.8, 4) is 0 Å². The maximum Gasteiger partial charge on any atom is 0.124 e. The van der Waals surface area contributed by atoms with Gasteiger partial charge in [-0.05, 0) is 54.1 Å². The monoisotopic (exact) mass is 590 g/mol. The highest BCUT2D eigenvalue weighted by Gasteiger charge is 2.44. The van der Waals surface area contributed by atoms with E-state index in [-0.39, 0.29) is 29.8 Å². The van der Waals surface area contributed by atoms with Crippen LogP contribution in [0.5, 0.6) is 0 Å². The number of hydrogen-bond acceptors (Lipinski definition) is 0. The highest BCUT2D eigenvalue weighted by Crippen LogP contribution is 2.55. The summed E-state index contributed by atoms with van der Waals surface area (Å²) in [6, 6.07) is 37.5. The van der Waals surface area contributed by atoms with Crippen LogP contribution in [0.25, 0.3) is 0 Å². The summed E-state index contributed by atoms with van der Waals surface area (Å²) in [4.78, 5) is 0. The third kappa shape index (κ3) is 4.85. The van der Waals surface area contributed by atoms with E-state index in [1.807, 2.05) is 6.07 Å². The molecule has 0 radical (unpaired) electrons. The molecule has 4 aromatic rings. The van der Waals surface area contributed by atoms with Gasteiger partial charge in [0.1, 0.15) is 29.0 Å². The third-order valence-electron chi connectivity index (χ3n) is 5.32. The molecule has 4 rings (SSSR count). The van der Waals surface area contributed by atoms with Crippen LogP contribution in [0.3, 0.4) is 0 Å². The van der Waals surface area contributed by atoms with Crippen LogP contribution in [-0.4, -0.2) is 6.16 Å². The van der Waals surface area contributed by atoms with E-state index in [1.165, 1.54) is 15.9 Å². The fraction of sp³-hybridized carbons (Fsp3) is 0.0769. The molecule has 0 N–H and O–H groups in total. The Labute approximate surface area is 204 Å². The van der Waals surface area contributed by atoms with E-state index in [4.69, 9.17) is 0 Å². The molecule has 152 valence electrons. The van der Waals surface area contributed by atoms with Crippen LogP contribution in [0, 0.1) is 5.82 Å². The molecule has 0 fully saturated rings. The van der Waals surface area contributed by atoms with Crippen LogP contribution in [0.1, 0.15) is 5.56 Å². The second-order valence-electron chi connectivity index (χ2n) is 7.03. The topological polar surface area (TPSA) is 0 Å². The second-order valence-corrected chi connectivity index (χ2v) is 11.5. The Morgan fingerprint density at radius 2 is 1.07 bits per heavy atom. The van der Waals surface area contributed by atoms with E-state index in [0.29, 0.717) is 0 Å². The van der Waals surface area contributed by atoms with Crippen LogP contribution in [0.2, 0.25) is 0 Å². The van der Waals surface area contributed by atoms with Gasteiger partial charge in [0.25, 0.3) is 0 Å². The van der Waals surface area contributed by atoms with Gasteiger partial charge in [-0.25, -0.2) is 4.39 Å². The van der Waals surface area contributed by atoms with Crippen molar-refractivity contribution in [3.05, 3.63) is 125 Å². The number of aryl methyl sites for hydroxylation is 1. The lowest BCUT2D eigenvalue weighted by atomic mass is 10.2. The lowest BCUT2D eigenvalue weighted by Crippen LogP contribution is -3.00. The first-order valence-corrected chi connectivity index (χ1v) is 12.5. The van der Waals surface area contributed by atoms with Crippen molar-refractivity contribution in [3.63, 3.8) is 0 Å². The lowest BCUT2D eigenvalue weighted by molar-refractivity contribution is -0.00000610. The molecule has 0 atom stereocenters. The molecule has 0 bridgehead atoms. The predicted molar refractivity (Wildman–Crippen MR) is 128 cm³/mol. The lowest BCUT2D eigenvalue weighted by Gasteiger charge is -2.28. The molecule has 0 aliphatic heterocycles. The Hall–Kier alpha value is -1.55. The smallest absolute Gasteiger partial charge is 0.124 e. The Morgan fingerprint density at radius 3 is 1.47 bits per heavy atom. The zero-order chi connectivity index (χ0) is 20.1. The van der Waals surface area contributed by atoms with Crippen molar-refractivity contribution in [2.75, 3.05) is 6.16 Å². The molecule has 0 unspecified atom stereocenters. The van der Waals surface area contributed by atoms with Crippen LogP contribution in [-0.2, 0) is 6.42 Å². The summed E-state index contributed by atoms with van der Waals surface area (Å²) in [5.74, 6) is -0.212. The maximum absolute atomic E-state index is 13.6. The van der Waals surface area contributed by atoms with E-state index < -0.39 is 7.26 Å². The summed E-state index contributed by atoms with van der Waals surface area (Å²) in [5.41, 5.74) is 1.14. The molecule has 0 spiro atoms. The number of rotatable bonds is 6. The molecule has 0 aliphatic rings. The normalized spacial score (nSPS) is 11.0. The van der Waals surface area contributed by atoms with E-state index >= 15 is 0 Å². The molecule has 0 heterocycles. The van der Waals surface area contributed by atoms with Gasteiger partial charge in [0.05, 0.1) is 6.16 Å². The first-order chi connectivity index (χ1) is 14.2. The highest BCUT2D eigenvalue weighted by molar-refractivity contribution is 9.10. The van der Waals surface area contributed by atoms with Crippen LogP contribution in [0.15, 0.2) is 114 Å². The van der Waals surface area contributed by atoms with Gasteiger partial charge in [-0.1, -0.05) is 76.6 Å². The Bertz CT molecular complexity index is 975.